The van der Waals surface area contributed by atoms with E-state index in [2.05, 4.69) is 49.4 Å². The van der Waals surface area contributed by atoms with Crippen molar-refractivity contribution in [1.82, 2.24) is 0 Å². The zero-order valence-corrected chi connectivity index (χ0v) is 9.10. The van der Waals surface area contributed by atoms with Gasteiger partial charge in [-0.2, -0.15) is 0 Å². The highest BCUT2D eigenvalue weighted by Crippen LogP contribution is 2.40. The molecule has 0 heterocycles. The first kappa shape index (κ1) is 8.57. The lowest BCUT2D eigenvalue weighted by molar-refractivity contribution is 0.340. The van der Waals surface area contributed by atoms with Gasteiger partial charge in [-0.3, -0.25) is 0 Å². The average molecular weight is 250 g/mol. The lowest BCUT2D eigenvalue weighted by atomic mass is 9.78. The Labute approximate surface area is 77.2 Å². The zero-order chi connectivity index (χ0) is 7.78. The van der Waals surface area contributed by atoms with Gasteiger partial charge in [0.05, 0.1) is 0 Å². The summed E-state index contributed by atoms with van der Waals surface area (Å²) in [7, 11) is 0. The Kier molecular flexibility index (Phi) is 2.43. The Morgan fingerprint density at radius 3 is 2.60 bits per heavy atom. The van der Waals surface area contributed by atoms with Crippen molar-refractivity contribution in [3.63, 3.8) is 0 Å². The van der Waals surface area contributed by atoms with Crippen molar-refractivity contribution in [1.29, 1.82) is 0 Å². The molecule has 0 N–H and O–H groups in total. The van der Waals surface area contributed by atoms with Crippen molar-refractivity contribution >= 4 is 22.6 Å². The fraction of sp³-hybridized carbons (Fsp3) is 0.778. The number of hydrogen-bond acceptors (Lipinski definition) is 0. The number of halogens is 1. The number of allylic oxidation sites excluding steroid dienone is 2. The molecule has 1 atom stereocenters. The zero-order valence-electron chi connectivity index (χ0n) is 6.95. The maximum absolute atomic E-state index is 2.56. The van der Waals surface area contributed by atoms with Gasteiger partial charge in [0.25, 0.3) is 0 Å². The van der Waals surface area contributed by atoms with Crippen molar-refractivity contribution in [3.05, 3.63) is 11.6 Å². The summed E-state index contributed by atoms with van der Waals surface area (Å²) in [6.07, 6.45) is 5.00. The minimum absolute atomic E-state index is 0.527. The third-order valence-electron chi connectivity index (χ3n) is 2.34. The average Bonchev–Trinajstić information content (AvgIpc) is 1.83. The quantitative estimate of drug-likeness (QED) is 0.350. The van der Waals surface area contributed by atoms with Gasteiger partial charge in [0.2, 0.25) is 0 Å². The second-order valence-corrected chi connectivity index (χ2v) is 5.08. The monoisotopic (exact) mass is 250 g/mol. The maximum Gasteiger partial charge on any atom is 0.0367 e. The molecule has 1 heteroatoms. The van der Waals surface area contributed by atoms with Crippen LogP contribution in [0, 0.1) is 5.41 Å². The molecule has 0 spiro atoms. The molecular formula is C9H15I. The van der Waals surface area contributed by atoms with Gasteiger partial charge in [-0.05, 0) is 25.2 Å². The van der Waals surface area contributed by atoms with E-state index < -0.39 is 0 Å². The molecule has 1 aliphatic rings. The Morgan fingerprint density at radius 1 is 1.60 bits per heavy atom. The predicted molar refractivity (Wildman–Crippen MR) is 54.6 cm³/mol. The summed E-state index contributed by atoms with van der Waals surface area (Å²) in [5.41, 5.74) is 2.09. The van der Waals surface area contributed by atoms with E-state index in [0.29, 0.717) is 5.41 Å². The van der Waals surface area contributed by atoms with Crippen LogP contribution in [0.4, 0.5) is 0 Å². The summed E-state index contributed by atoms with van der Waals surface area (Å²) in [6.45, 7) is 6.97. The predicted octanol–water partition coefficient (Wildman–Crippen LogP) is 3.56. The Balaban J connectivity index is 2.78. The van der Waals surface area contributed by atoms with Gasteiger partial charge >= 0.3 is 0 Å². The Hall–Kier alpha value is 0.470. The molecular weight excluding hydrogens is 235 g/mol. The normalized spacial score (nSPS) is 31.6. The second-order valence-electron chi connectivity index (χ2n) is 3.84. The lowest BCUT2D eigenvalue weighted by Gasteiger charge is -2.34. The Bertz CT molecular complexity index is 156. The Morgan fingerprint density at radius 2 is 2.20 bits per heavy atom. The first-order valence-corrected chi connectivity index (χ1v) is 5.09. The highest BCUT2D eigenvalue weighted by molar-refractivity contribution is 14.1. The van der Waals surface area contributed by atoms with Gasteiger partial charge in [0.1, 0.15) is 0 Å². The molecule has 0 aromatic heterocycles. The van der Waals surface area contributed by atoms with Crippen LogP contribution in [0.25, 0.3) is 0 Å². The van der Waals surface area contributed by atoms with E-state index in [4.69, 9.17) is 0 Å². The topological polar surface area (TPSA) is 0 Å². The minimum Gasteiger partial charge on any atom is -0.0845 e. The standard InChI is InChI=1S/C9H15I/c1-7-5-4-6-9(2,3)8(7)10/h5,8H,4,6H2,1-3H3. The summed E-state index contributed by atoms with van der Waals surface area (Å²) in [5.74, 6) is 0. The van der Waals surface area contributed by atoms with Gasteiger partial charge in [-0.25, -0.2) is 0 Å². The molecule has 0 aliphatic heterocycles. The SMILES string of the molecule is CC1=CCCC(C)(C)C1I. The molecule has 58 valence electrons. The number of alkyl halides is 1. The first-order valence-electron chi connectivity index (χ1n) is 3.85. The van der Waals surface area contributed by atoms with Crippen LogP contribution in [0.15, 0.2) is 11.6 Å². The third-order valence-corrected chi connectivity index (χ3v) is 5.01. The molecule has 0 amide bonds. The van der Waals surface area contributed by atoms with Crippen LogP contribution in [0.2, 0.25) is 0 Å². The molecule has 1 aliphatic carbocycles. The molecule has 0 radical (unpaired) electrons. The number of hydrogen-bond donors (Lipinski definition) is 0. The van der Waals surface area contributed by atoms with E-state index in [1.807, 2.05) is 0 Å². The van der Waals surface area contributed by atoms with E-state index in [-0.39, 0.29) is 0 Å². The van der Waals surface area contributed by atoms with Crippen molar-refractivity contribution in [2.75, 3.05) is 0 Å². The molecule has 0 aromatic carbocycles. The van der Waals surface area contributed by atoms with Gasteiger partial charge in [-0.1, -0.05) is 48.1 Å². The highest BCUT2D eigenvalue weighted by Gasteiger charge is 2.30. The largest absolute Gasteiger partial charge is 0.0845 e. The molecule has 0 aromatic rings. The molecule has 1 rings (SSSR count). The molecule has 0 saturated heterocycles. The summed E-state index contributed by atoms with van der Waals surface area (Å²) >= 11 is 2.56. The van der Waals surface area contributed by atoms with Crippen molar-refractivity contribution in [3.8, 4) is 0 Å². The summed E-state index contributed by atoms with van der Waals surface area (Å²) in [5, 5.41) is 0. The smallest absolute Gasteiger partial charge is 0.0367 e. The highest BCUT2D eigenvalue weighted by atomic mass is 127. The van der Waals surface area contributed by atoms with E-state index in [9.17, 15) is 0 Å². The van der Waals surface area contributed by atoms with Crippen LogP contribution < -0.4 is 0 Å². The van der Waals surface area contributed by atoms with Crippen LogP contribution in [-0.4, -0.2) is 3.92 Å². The fourth-order valence-electron chi connectivity index (χ4n) is 1.52. The summed E-state index contributed by atoms with van der Waals surface area (Å²) in [6, 6.07) is 0. The molecule has 0 nitrogen and oxygen atoms in total. The van der Waals surface area contributed by atoms with Crippen LogP contribution in [0.5, 0.6) is 0 Å². The van der Waals surface area contributed by atoms with E-state index in [1.54, 1.807) is 5.57 Å². The maximum atomic E-state index is 2.56. The van der Waals surface area contributed by atoms with E-state index >= 15 is 0 Å². The lowest BCUT2D eigenvalue weighted by Crippen LogP contribution is -2.27. The molecule has 0 bridgehead atoms. The van der Waals surface area contributed by atoms with Crippen molar-refractivity contribution in [2.24, 2.45) is 5.41 Å². The first-order chi connectivity index (χ1) is 4.54. The van der Waals surface area contributed by atoms with Crippen LogP contribution in [0.1, 0.15) is 33.6 Å². The van der Waals surface area contributed by atoms with Crippen LogP contribution in [0.3, 0.4) is 0 Å². The summed E-state index contributed by atoms with van der Waals surface area (Å²) in [4.78, 5) is 0. The van der Waals surface area contributed by atoms with Crippen molar-refractivity contribution in [2.45, 2.75) is 37.5 Å². The third kappa shape index (κ3) is 1.55. The van der Waals surface area contributed by atoms with Crippen LogP contribution >= 0.6 is 22.6 Å². The molecule has 10 heavy (non-hydrogen) atoms. The van der Waals surface area contributed by atoms with Gasteiger partial charge in [0, 0.05) is 3.92 Å². The number of rotatable bonds is 0. The minimum atomic E-state index is 0.527. The fourth-order valence-corrected chi connectivity index (χ4v) is 2.08. The van der Waals surface area contributed by atoms with Gasteiger partial charge in [0.15, 0.2) is 0 Å². The summed E-state index contributed by atoms with van der Waals surface area (Å²) < 4.78 is 0.749. The van der Waals surface area contributed by atoms with Gasteiger partial charge in [-0.15, -0.1) is 0 Å². The van der Waals surface area contributed by atoms with Crippen LogP contribution in [-0.2, 0) is 0 Å². The van der Waals surface area contributed by atoms with E-state index in [0.717, 1.165) is 3.92 Å². The molecule has 1 unspecified atom stereocenters. The van der Waals surface area contributed by atoms with Crippen molar-refractivity contribution < 1.29 is 0 Å². The van der Waals surface area contributed by atoms with Gasteiger partial charge < -0.3 is 0 Å². The second kappa shape index (κ2) is 2.84. The molecule has 0 fully saturated rings. The van der Waals surface area contributed by atoms with E-state index in [1.165, 1.54) is 12.8 Å². The molecule has 0 saturated carbocycles.